The predicted molar refractivity (Wildman–Crippen MR) is 178 cm³/mol. The smallest absolute Gasteiger partial charge is 1.00 e. The van der Waals surface area contributed by atoms with Crippen molar-refractivity contribution in [2.24, 2.45) is 0 Å². The fourth-order valence-corrected chi connectivity index (χ4v) is 11.1. The first-order chi connectivity index (χ1) is 19.4. The van der Waals surface area contributed by atoms with E-state index in [2.05, 4.69) is 138 Å². The third kappa shape index (κ3) is 9.23. The molecular weight excluding hydrogens is 685 g/mol. The summed E-state index contributed by atoms with van der Waals surface area (Å²) < 4.78 is 0. The standard InChI is InChI=1S/2C17H18P.C2H6Si.2ClH.Zr/c2*1-3-13-10-14-12-15(4-2)18(17(14)11-13)16-8-6-5-7-9-16;1-3-2;;;/h2*5-9,11-12,15H,3-4H2,1-2H3;1-2H3;2*1H;/q2*-1;;;;+2/p-2. The fourth-order valence-electron chi connectivity index (χ4n) is 5.40. The Kier molecular flexibility index (Phi) is 16.5. The van der Waals surface area contributed by atoms with E-state index in [0.717, 1.165) is 12.8 Å². The van der Waals surface area contributed by atoms with E-state index in [4.69, 9.17) is 0 Å². The number of allylic oxidation sites excluding steroid dienone is 12. The maximum absolute atomic E-state index is 3.57. The summed E-state index contributed by atoms with van der Waals surface area (Å²) in [5, 5.41) is 6.13. The van der Waals surface area contributed by atoms with Crippen LogP contribution in [-0.4, -0.2) is 16.8 Å². The van der Waals surface area contributed by atoms with Crippen molar-refractivity contribution in [3.8, 4) is 0 Å². The number of benzene rings is 2. The molecule has 4 atom stereocenters. The van der Waals surface area contributed by atoms with Crippen LogP contribution in [0.2, 0.25) is 13.1 Å². The number of fused-ring (bicyclic) bond motifs is 2. The molecule has 0 amide bonds. The quantitative estimate of drug-likeness (QED) is 0.241. The number of rotatable bonds is 6. The van der Waals surface area contributed by atoms with E-state index in [1.165, 1.54) is 45.7 Å². The average molecular weight is 727 g/mol. The van der Waals surface area contributed by atoms with Gasteiger partial charge in [0.05, 0.1) is 0 Å². The second-order valence-corrected chi connectivity index (χ2v) is 24.8. The van der Waals surface area contributed by atoms with Gasteiger partial charge in [-0.3, -0.25) is 0 Å². The van der Waals surface area contributed by atoms with Crippen LogP contribution in [0.3, 0.4) is 0 Å². The van der Waals surface area contributed by atoms with E-state index >= 15 is 0 Å². The van der Waals surface area contributed by atoms with E-state index in [9.17, 15) is 0 Å². The van der Waals surface area contributed by atoms with Crippen molar-refractivity contribution in [3.63, 3.8) is 0 Å². The number of hydrogen-bond donors (Lipinski definition) is 0. The molecule has 42 heavy (non-hydrogen) atoms. The van der Waals surface area contributed by atoms with Gasteiger partial charge in [0.2, 0.25) is 0 Å². The van der Waals surface area contributed by atoms with Gasteiger partial charge in [-0.1, -0.05) is 117 Å². The molecule has 6 heteroatoms. The molecule has 4 aliphatic rings. The summed E-state index contributed by atoms with van der Waals surface area (Å²) in [6, 6.07) is 22.0. The van der Waals surface area contributed by atoms with Crippen LogP contribution in [0.5, 0.6) is 0 Å². The number of halogens is 2. The summed E-state index contributed by atoms with van der Waals surface area (Å²) in [5.41, 5.74) is 7.12. The van der Waals surface area contributed by atoms with Crippen molar-refractivity contribution >= 4 is 31.9 Å². The number of hydrogen-bond acceptors (Lipinski definition) is 0. The van der Waals surface area contributed by atoms with Crippen LogP contribution in [0.25, 0.3) is 0 Å². The van der Waals surface area contributed by atoms with E-state index in [1.807, 2.05) is 0 Å². The molecule has 2 heterocycles. The Balaban J connectivity index is 0.000000250. The Labute approximate surface area is 285 Å². The van der Waals surface area contributed by atoms with Crippen molar-refractivity contribution in [2.45, 2.75) is 77.8 Å². The minimum absolute atomic E-state index is 0. The summed E-state index contributed by atoms with van der Waals surface area (Å²) in [6.45, 7) is 13.6. The van der Waals surface area contributed by atoms with Crippen molar-refractivity contribution < 1.29 is 48.1 Å². The van der Waals surface area contributed by atoms with Crippen LogP contribution < -0.4 is 35.4 Å². The van der Waals surface area contributed by atoms with Gasteiger partial charge in [-0.25, -0.2) is 0 Å². The van der Waals surface area contributed by atoms with Crippen LogP contribution in [0.4, 0.5) is 0 Å². The molecule has 2 aliphatic carbocycles. The predicted octanol–water partition coefficient (Wildman–Crippen LogP) is 3.89. The van der Waals surface area contributed by atoms with Crippen LogP contribution in [0.15, 0.2) is 118 Å². The van der Waals surface area contributed by atoms with Crippen LogP contribution >= 0.6 is 15.8 Å². The SMILES string of the molecule is CCC1=[C-]C2=CC(CC)P(c3ccccc3)C2=C1.CCC1=[C-]C2=CC(CC)P(c3ccccc3)C2=C1.C[Si](C)=[Zr+2].[Cl-].[Cl-]. The normalized spacial score (nSPS) is 22.6. The zero-order chi connectivity index (χ0) is 28.6. The van der Waals surface area contributed by atoms with Crippen molar-refractivity contribution in [2.75, 3.05) is 0 Å². The maximum Gasteiger partial charge on any atom is -1.00 e. The Morgan fingerprint density at radius 2 is 0.976 bits per heavy atom. The molecule has 6 rings (SSSR count). The minimum atomic E-state index is -0.191. The molecule has 4 unspecified atom stereocenters. The molecule has 220 valence electrons. The first-order valence-corrected chi connectivity index (χ1v) is 23.7. The van der Waals surface area contributed by atoms with E-state index < -0.39 is 0 Å². The zero-order valence-corrected chi connectivity index (χ0v) is 32.5. The first-order valence-electron chi connectivity index (χ1n) is 14.7. The summed E-state index contributed by atoms with van der Waals surface area (Å²) >= 11 is 1.74. The molecule has 2 aliphatic heterocycles. The molecule has 0 saturated heterocycles. The molecule has 0 nitrogen and oxygen atoms in total. The second-order valence-electron chi connectivity index (χ2n) is 10.6. The largest absolute Gasteiger partial charge is 1.00 e. The molecule has 0 aromatic heterocycles. The van der Waals surface area contributed by atoms with Crippen molar-refractivity contribution in [1.82, 2.24) is 0 Å². The Morgan fingerprint density at radius 3 is 1.26 bits per heavy atom. The minimum Gasteiger partial charge on any atom is -1.00 e. The van der Waals surface area contributed by atoms with Gasteiger partial charge in [0.25, 0.3) is 0 Å². The Bertz CT molecular complexity index is 1280. The van der Waals surface area contributed by atoms with Gasteiger partial charge < -0.3 is 24.8 Å². The molecule has 0 bridgehead atoms. The topological polar surface area (TPSA) is 0 Å². The first kappa shape index (κ1) is 37.6. The molecule has 0 radical (unpaired) electrons. The Hall–Kier alpha value is -0.580. The molecule has 2 aromatic rings. The molecule has 0 saturated carbocycles. The maximum atomic E-state index is 3.57. The summed E-state index contributed by atoms with van der Waals surface area (Å²) in [5.74, 6) is 0. The molecule has 0 spiro atoms. The second kappa shape index (κ2) is 18.4. The van der Waals surface area contributed by atoms with Gasteiger partial charge in [-0.05, 0) is 34.8 Å². The third-order valence-electron chi connectivity index (χ3n) is 7.33. The zero-order valence-electron chi connectivity index (χ0n) is 25.7. The van der Waals surface area contributed by atoms with E-state index in [1.54, 1.807) is 34.0 Å². The average Bonchev–Trinajstić information content (AvgIpc) is 3.72. The summed E-state index contributed by atoms with van der Waals surface area (Å²) in [7, 11) is -0.383. The van der Waals surface area contributed by atoms with Crippen LogP contribution in [-0.2, 0) is 23.3 Å². The van der Waals surface area contributed by atoms with Gasteiger partial charge in [0.1, 0.15) is 0 Å². The summed E-state index contributed by atoms with van der Waals surface area (Å²) in [6.07, 6.45) is 21.5. The Morgan fingerprint density at radius 1 is 0.643 bits per heavy atom. The van der Waals surface area contributed by atoms with E-state index in [0.29, 0.717) is 11.3 Å². The molecular formula is C36H42Cl2P2SiZr-2. The summed E-state index contributed by atoms with van der Waals surface area (Å²) in [4.78, 5) is 0. The monoisotopic (exact) mass is 724 g/mol. The van der Waals surface area contributed by atoms with E-state index in [-0.39, 0.29) is 46.1 Å². The third-order valence-corrected chi connectivity index (χ3v) is 13.2. The van der Waals surface area contributed by atoms with Crippen LogP contribution in [0, 0.1) is 12.2 Å². The van der Waals surface area contributed by atoms with Gasteiger partial charge >= 0.3 is 41.9 Å². The van der Waals surface area contributed by atoms with Gasteiger partial charge in [0.15, 0.2) is 0 Å². The molecule has 0 N–H and O–H groups in total. The van der Waals surface area contributed by atoms with Gasteiger partial charge in [0, 0.05) is 0 Å². The van der Waals surface area contributed by atoms with Gasteiger partial charge in [-0.2, -0.15) is 23.3 Å². The molecule has 0 fully saturated rings. The fraction of sp³-hybridized carbons (Fsp3) is 0.333. The van der Waals surface area contributed by atoms with Gasteiger partial charge in [-0.15, -0.1) is 46.1 Å². The van der Waals surface area contributed by atoms with Crippen molar-refractivity contribution in [3.05, 3.63) is 130 Å². The molecule has 2 aromatic carbocycles. The van der Waals surface area contributed by atoms with Crippen molar-refractivity contribution in [1.29, 1.82) is 0 Å². The van der Waals surface area contributed by atoms with Crippen LogP contribution in [0.1, 0.15) is 53.4 Å².